The normalized spacial score (nSPS) is 37.1. The molecule has 2 atom stereocenters. The molecule has 2 rings (SSSR count). The molecule has 0 aromatic rings. The maximum Gasteiger partial charge on any atom is 0.0914 e. The molecule has 2 unspecified atom stereocenters. The fourth-order valence-electron chi connectivity index (χ4n) is 2.16. The summed E-state index contributed by atoms with van der Waals surface area (Å²) in [6.45, 7) is 5.99. The Kier molecular flexibility index (Phi) is 3.89. The fraction of sp³-hybridized carbons (Fsp3) is 0.714. The Morgan fingerprint density at radius 1 is 0.941 bits per heavy atom. The highest BCUT2D eigenvalue weighted by Gasteiger charge is 2.34. The monoisotopic (exact) mass is 238 g/mol. The van der Waals surface area contributed by atoms with Crippen molar-refractivity contribution < 1.29 is 14.2 Å². The quantitative estimate of drug-likeness (QED) is 0.665. The molecular weight excluding hydrogens is 216 g/mol. The van der Waals surface area contributed by atoms with E-state index in [9.17, 15) is 0 Å². The molecule has 0 saturated carbocycles. The first kappa shape index (κ1) is 12.7. The van der Waals surface area contributed by atoms with E-state index in [1.165, 1.54) is 0 Å². The molecule has 0 amide bonds. The molecule has 2 saturated heterocycles. The first-order valence-corrected chi connectivity index (χ1v) is 6.53. The molecule has 17 heavy (non-hydrogen) atoms. The standard InChI is InChI=1S/C14H22O3/c1-3-13(7-11-16-13)5-9-15-10-6-14(4-2)8-12-17-14/h5-6,9-10H,3-4,7-8,11-12H2,1-2H3. The van der Waals surface area contributed by atoms with Gasteiger partial charge in [0.15, 0.2) is 0 Å². The minimum atomic E-state index is -0.0662. The van der Waals surface area contributed by atoms with Gasteiger partial charge >= 0.3 is 0 Å². The van der Waals surface area contributed by atoms with Crippen molar-refractivity contribution in [1.29, 1.82) is 0 Å². The Morgan fingerprint density at radius 3 is 1.59 bits per heavy atom. The van der Waals surface area contributed by atoms with Crippen molar-refractivity contribution in [3.63, 3.8) is 0 Å². The highest BCUT2D eigenvalue weighted by molar-refractivity contribution is 5.06. The van der Waals surface area contributed by atoms with Crippen molar-refractivity contribution >= 4 is 0 Å². The van der Waals surface area contributed by atoms with E-state index in [0.29, 0.717) is 0 Å². The van der Waals surface area contributed by atoms with Crippen molar-refractivity contribution in [2.24, 2.45) is 0 Å². The predicted molar refractivity (Wildman–Crippen MR) is 66.5 cm³/mol. The van der Waals surface area contributed by atoms with Crippen molar-refractivity contribution in [3.8, 4) is 0 Å². The van der Waals surface area contributed by atoms with Gasteiger partial charge in [-0.15, -0.1) is 0 Å². The molecule has 0 aromatic carbocycles. The maximum atomic E-state index is 5.55. The Labute approximate surface area is 103 Å². The summed E-state index contributed by atoms with van der Waals surface area (Å²) >= 11 is 0. The van der Waals surface area contributed by atoms with E-state index in [2.05, 4.69) is 13.8 Å². The molecule has 0 N–H and O–H groups in total. The van der Waals surface area contributed by atoms with E-state index in [-0.39, 0.29) is 11.2 Å². The largest absolute Gasteiger partial charge is 0.473 e. The van der Waals surface area contributed by atoms with Gasteiger partial charge in [-0.3, -0.25) is 0 Å². The van der Waals surface area contributed by atoms with Gasteiger partial charge in [0.25, 0.3) is 0 Å². The topological polar surface area (TPSA) is 27.7 Å². The van der Waals surface area contributed by atoms with Crippen LogP contribution in [0.5, 0.6) is 0 Å². The van der Waals surface area contributed by atoms with Gasteiger partial charge in [-0.25, -0.2) is 0 Å². The molecule has 2 aliphatic heterocycles. The van der Waals surface area contributed by atoms with Crippen LogP contribution in [0, 0.1) is 0 Å². The van der Waals surface area contributed by atoms with Gasteiger partial charge in [0.1, 0.15) is 0 Å². The summed E-state index contributed by atoms with van der Waals surface area (Å²) in [5.41, 5.74) is -0.132. The van der Waals surface area contributed by atoms with Crippen LogP contribution in [0.3, 0.4) is 0 Å². The SMILES string of the molecule is CCC1(C=COC=CC2(CC)CCO2)CCO1. The van der Waals surface area contributed by atoms with Crippen LogP contribution in [0.15, 0.2) is 24.7 Å². The molecule has 0 radical (unpaired) electrons. The highest BCUT2D eigenvalue weighted by Crippen LogP contribution is 2.32. The van der Waals surface area contributed by atoms with Crippen LogP contribution >= 0.6 is 0 Å². The second-order valence-electron chi connectivity index (χ2n) is 4.78. The molecule has 2 aliphatic rings. The summed E-state index contributed by atoms with van der Waals surface area (Å²) in [5, 5.41) is 0. The van der Waals surface area contributed by atoms with Crippen LogP contribution in [0.4, 0.5) is 0 Å². The second-order valence-corrected chi connectivity index (χ2v) is 4.78. The van der Waals surface area contributed by atoms with E-state index in [1.807, 2.05) is 12.2 Å². The van der Waals surface area contributed by atoms with Crippen LogP contribution in [0.25, 0.3) is 0 Å². The summed E-state index contributed by atoms with van der Waals surface area (Å²) < 4.78 is 16.5. The van der Waals surface area contributed by atoms with Gasteiger partial charge < -0.3 is 14.2 Å². The minimum Gasteiger partial charge on any atom is -0.473 e. The fourth-order valence-corrected chi connectivity index (χ4v) is 2.16. The van der Waals surface area contributed by atoms with Crippen molar-refractivity contribution in [1.82, 2.24) is 0 Å². The summed E-state index contributed by atoms with van der Waals surface area (Å²) in [6.07, 6.45) is 11.7. The summed E-state index contributed by atoms with van der Waals surface area (Å²) in [4.78, 5) is 0. The number of hydrogen-bond donors (Lipinski definition) is 0. The number of ether oxygens (including phenoxy) is 3. The number of hydrogen-bond acceptors (Lipinski definition) is 3. The Bertz CT molecular complexity index is 258. The van der Waals surface area contributed by atoms with E-state index < -0.39 is 0 Å². The molecule has 2 fully saturated rings. The van der Waals surface area contributed by atoms with Crippen LogP contribution in [0.1, 0.15) is 39.5 Å². The third-order valence-corrected chi connectivity index (χ3v) is 3.93. The van der Waals surface area contributed by atoms with Gasteiger partial charge in [0.05, 0.1) is 36.9 Å². The Morgan fingerprint density at radius 2 is 1.35 bits per heavy atom. The van der Waals surface area contributed by atoms with Crippen molar-refractivity contribution in [2.45, 2.75) is 50.7 Å². The summed E-state index contributed by atoms with van der Waals surface area (Å²) in [6, 6.07) is 0. The van der Waals surface area contributed by atoms with E-state index in [4.69, 9.17) is 14.2 Å². The highest BCUT2D eigenvalue weighted by atomic mass is 16.5. The van der Waals surface area contributed by atoms with Gasteiger partial charge in [0, 0.05) is 12.8 Å². The van der Waals surface area contributed by atoms with Crippen LogP contribution in [-0.2, 0) is 14.2 Å². The molecule has 0 bridgehead atoms. The predicted octanol–water partition coefficient (Wildman–Crippen LogP) is 3.17. The average molecular weight is 238 g/mol. The van der Waals surface area contributed by atoms with E-state index in [1.54, 1.807) is 12.5 Å². The third kappa shape index (κ3) is 2.72. The minimum absolute atomic E-state index is 0.0662. The smallest absolute Gasteiger partial charge is 0.0914 e. The van der Waals surface area contributed by atoms with Gasteiger partial charge in [-0.1, -0.05) is 13.8 Å². The molecule has 0 spiro atoms. The van der Waals surface area contributed by atoms with Crippen molar-refractivity contribution in [2.75, 3.05) is 13.2 Å². The summed E-state index contributed by atoms with van der Waals surface area (Å²) in [7, 11) is 0. The van der Waals surface area contributed by atoms with Gasteiger partial charge in [0.2, 0.25) is 0 Å². The molecule has 3 nitrogen and oxygen atoms in total. The molecule has 0 aliphatic carbocycles. The van der Waals surface area contributed by atoms with Gasteiger partial charge in [-0.2, -0.15) is 0 Å². The first-order chi connectivity index (χ1) is 8.24. The average Bonchev–Trinajstić information content (AvgIpc) is 2.24. The zero-order valence-electron chi connectivity index (χ0n) is 10.8. The molecule has 2 heterocycles. The van der Waals surface area contributed by atoms with Crippen molar-refractivity contribution in [3.05, 3.63) is 24.7 Å². The van der Waals surface area contributed by atoms with E-state index >= 15 is 0 Å². The third-order valence-electron chi connectivity index (χ3n) is 3.93. The zero-order valence-corrected chi connectivity index (χ0v) is 10.8. The first-order valence-electron chi connectivity index (χ1n) is 6.53. The number of rotatable bonds is 6. The van der Waals surface area contributed by atoms with E-state index in [0.717, 1.165) is 38.9 Å². The van der Waals surface area contributed by atoms with Gasteiger partial charge in [-0.05, 0) is 25.0 Å². The lowest BCUT2D eigenvalue weighted by Crippen LogP contribution is -2.41. The molecule has 3 heteroatoms. The molecule has 0 aromatic heterocycles. The molecule has 96 valence electrons. The zero-order chi connectivity index (χ0) is 12.2. The Balaban J connectivity index is 1.75. The lowest BCUT2D eigenvalue weighted by atomic mass is 9.92. The lowest BCUT2D eigenvalue weighted by molar-refractivity contribution is -0.115. The second kappa shape index (κ2) is 5.23. The van der Waals surface area contributed by atoms with Crippen LogP contribution in [-0.4, -0.2) is 24.4 Å². The summed E-state index contributed by atoms with van der Waals surface area (Å²) in [5.74, 6) is 0. The van der Waals surface area contributed by atoms with Crippen LogP contribution < -0.4 is 0 Å². The van der Waals surface area contributed by atoms with Crippen LogP contribution in [0.2, 0.25) is 0 Å². The lowest BCUT2D eigenvalue weighted by Gasteiger charge is -2.38. The maximum absolute atomic E-state index is 5.55. The molecular formula is C14H22O3. The Hall–Kier alpha value is -0.800.